The molecule has 0 radical (unpaired) electrons. The normalized spacial score (nSPS) is 21.2. The predicted octanol–water partition coefficient (Wildman–Crippen LogP) is 1.15. The van der Waals surface area contributed by atoms with Crippen molar-refractivity contribution in [2.45, 2.75) is 32.2 Å². The molecule has 1 aliphatic rings. The van der Waals surface area contributed by atoms with Crippen molar-refractivity contribution < 1.29 is 9.90 Å². The Kier molecular flexibility index (Phi) is 1.83. The molecular formula is C9H12N2O2. The van der Waals surface area contributed by atoms with Crippen molar-refractivity contribution in [3.05, 3.63) is 17.5 Å². The number of rotatable bonds is 1. The highest BCUT2D eigenvalue weighted by Crippen LogP contribution is 2.24. The van der Waals surface area contributed by atoms with Gasteiger partial charge >= 0.3 is 5.97 Å². The van der Waals surface area contributed by atoms with E-state index < -0.39 is 12.0 Å². The zero-order chi connectivity index (χ0) is 9.42. The van der Waals surface area contributed by atoms with Crippen LogP contribution < -0.4 is 0 Å². The number of carbonyl (C=O) groups is 1. The minimum Gasteiger partial charge on any atom is -0.480 e. The third kappa shape index (κ3) is 1.32. The predicted molar refractivity (Wildman–Crippen MR) is 46.6 cm³/mol. The van der Waals surface area contributed by atoms with Crippen molar-refractivity contribution in [3.63, 3.8) is 0 Å². The van der Waals surface area contributed by atoms with Crippen LogP contribution in [-0.2, 0) is 11.2 Å². The zero-order valence-electron chi connectivity index (χ0n) is 7.53. The van der Waals surface area contributed by atoms with Gasteiger partial charge in [-0.3, -0.25) is 4.68 Å². The van der Waals surface area contributed by atoms with Crippen molar-refractivity contribution >= 4 is 5.97 Å². The van der Waals surface area contributed by atoms with E-state index in [0.29, 0.717) is 6.42 Å². The van der Waals surface area contributed by atoms with Gasteiger partial charge in [0.2, 0.25) is 0 Å². The fourth-order valence-electron chi connectivity index (χ4n) is 1.85. The number of aryl methyl sites for hydroxylation is 2. The van der Waals surface area contributed by atoms with Gasteiger partial charge in [-0.1, -0.05) is 0 Å². The maximum absolute atomic E-state index is 10.9. The highest BCUT2D eigenvalue weighted by molar-refractivity contribution is 5.72. The molecule has 0 bridgehead atoms. The van der Waals surface area contributed by atoms with Gasteiger partial charge in [0.15, 0.2) is 0 Å². The molecule has 0 aliphatic carbocycles. The highest BCUT2D eigenvalue weighted by Gasteiger charge is 2.26. The lowest BCUT2D eigenvalue weighted by atomic mass is 10.0. The number of hydrogen-bond acceptors (Lipinski definition) is 2. The summed E-state index contributed by atoms with van der Waals surface area (Å²) in [6, 6.07) is 1.52. The second kappa shape index (κ2) is 2.87. The summed E-state index contributed by atoms with van der Waals surface area (Å²) >= 11 is 0. The molecule has 1 aliphatic heterocycles. The largest absolute Gasteiger partial charge is 0.480 e. The molecule has 0 saturated carbocycles. The van der Waals surface area contributed by atoms with Crippen LogP contribution in [0.3, 0.4) is 0 Å². The van der Waals surface area contributed by atoms with Crippen LogP contribution in [0.4, 0.5) is 0 Å². The number of nitrogens with zero attached hydrogens (tertiary/aromatic N) is 2. The lowest BCUT2D eigenvalue weighted by molar-refractivity contribution is -0.141. The second-order valence-electron chi connectivity index (χ2n) is 3.47. The maximum atomic E-state index is 10.9. The Hall–Kier alpha value is -1.32. The molecule has 0 spiro atoms. The summed E-state index contributed by atoms with van der Waals surface area (Å²) in [6.45, 7) is 1.89. The van der Waals surface area contributed by atoms with Crippen LogP contribution in [0.25, 0.3) is 0 Å². The first-order valence-corrected chi connectivity index (χ1v) is 4.46. The summed E-state index contributed by atoms with van der Waals surface area (Å²) in [7, 11) is 0. The van der Waals surface area contributed by atoms with Crippen LogP contribution in [0.5, 0.6) is 0 Å². The molecule has 4 heteroatoms. The van der Waals surface area contributed by atoms with Crippen molar-refractivity contribution in [2.24, 2.45) is 0 Å². The van der Waals surface area contributed by atoms with Crippen LogP contribution in [0.2, 0.25) is 0 Å². The van der Waals surface area contributed by atoms with Crippen molar-refractivity contribution in [3.8, 4) is 0 Å². The van der Waals surface area contributed by atoms with Gasteiger partial charge in [0.25, 0.3) is 0 Å². The summed E-state index contributed by atoms with van der Waals surface area (Å²) in [6.07, 6.45) is 2.59. The van der Waals surface area contributed by atoms with Gasteiger partial charge in [0.1, 0.15) is 6.04 Å². The zero-order valence-corrected chi connectivity index (χ0v) is 7.53. The number of carboxylic acids is 1. The van der Waals surface area contributed by atoms with E-state index in [1.54, 1.807) is 4.68 Å². The number of aliphatic carboxylic acids is 1. The Morgan fingerprint density at radius 3 is 3.23 bits per heavy atom. The van der Waals surface area contributed by atoms with Gasteiger partial charge < -0.3 is 5.11 Å². The lowest BCUT2D eigenvalue weighted by Gasteiger charge is -2.20. The molecule has 1 atom stereocenters. The van der Waals surface area contributed by atoms with Gasteiger partial charge in [0.05, 0.1) is 5.69 Å². The second-order valence-corrected chi connectivity index (χ2v) is 3.47. The molecule has 2 heterocycles. The molecule has 1 aromatic rings. The van der Waals surface area contributed by atoms with Gasteiger partial charge in [0, 0.05) is 5.69 Å². The quantitative estimate of drug-likeness (QED) is 0.705. The molecule has 0 amide bonds. The molecule has 13 heavy (non-hydrogen) atoms. The first-order chi connectivity index (χ1) is 6.18. The molecular weight excluding hydrogens is 168 g/mol. The molecule has 4 nitrogen and oxygen atoms in total. The van der Waals surface area contributed by atoms with Crippen LogP contribution in [-0.4, -0.2) is 20.9 Å². The fourth-order valence-corrected chi connectivity index (χ4v) is 1.85. The maximum Gasteiger partial charge on any atom is 0.328 e. The van der Waals surface area contributed by atoms with E-state index in [1.807, 2.05) is 13.0 Å². The third-order valence-corrected chi connectivity index (χ3v) is 2.43. The van der Waals surface area contributed by atoms with Crippen molar-refractivity contribution in [2.75, 3.05) is 0 Å². The number of hydrogen-bond donors (Lipinski definition) is 1. The van der Waals surface area contributed by atoms with E-state index >= 15 is 0 Å². The van der Waals surface area contributed by atoms with E-state index in [2.05, 4.69) is 5.10 Å². The molecule has 1 N–H and O–H groups in total. The van der Waals surface area contributed by atoms with Crippen LogP contribution in [0.1, 0.15) is 30.3 Å². The minimum atomic E-state index is -0.774. The standard InChI is InChI=1S/C9H12N2O2/c1-6-5-7-3-2-4-8(9(12)13)11(7)10-6/h5,8H,2-4H2,1H3,(H,12,13). The Morgan fingerprint density at radius 2 is 2.54 bits per heavy atom. The molecule has 0 saturated heterocycles. The van der Waals surface area contributed by atoms with Crippen LogP contribution >= 0.6 is 0 Å². The monoisotopic (exact) mass is 180 g/mol. The minimum absolute atomic E-state index is 0.447. The summed E-state index contributed by atoms with van der Waals surface area (Å²) in [5.41, 5.74) is 1.96. The van der Waals surface area contributed by atoms with Crippen LogP contribution in [0, 0.1) is 6.92 Å². The summed E-state index contributed by atoms with van der Waals surface area (Å²) in [5.74, 6) is -0.774. The van der Waals surface area contributed by atoms with Gasteiger partial charge in [-0.15, -0.1) is 0 Å². The fraction of sp³-hybridized carbons (Fsp3) is 0.556. The summed E-state index contributed by atoms with van der Waals surface area (Å²) in [5, 5.41) is 13.1. The molecule has 70 valence electrons. The van der Waals surface area contributed by atoms with Crippen LogP contribution in [0.15, 0.2) is 6.07 Å². The Bertz CT molecular complexity index is 343. The average molecular weight is 180 g/mol. The van der Waals surface area contributed by atoms with Gasteiger partial charge in [-0.2, -0.15) is 5.10 Å². The highest BCUT2D eigenvalue weighted by atomic mass is 16.4. The van der Waals surface area contributed by atoms with E-state index in [1.165, 1.54) is 0 Å². The molecule has 0 fully saturated rings. The topological polar surface area (TPSA) is 55.1 Å². The number of carboxylic acid groups (broad SMARTS) is 1. The lowest BCUT2D eigenvalue weighted by Crippen LogP contribution is -2.25. The molecule has 0 aromatic carbocycles. The molecule has 2 rings (SSSR count). The summed E-state index contributed by atoms with van der Waals surface area (Å²) < 4.78 is 1.65. The first kappa shape index (κ1) is 8.29. The van der Waals surface area contributed by atoms with Gasteiger partial charge in [-0.25, -0.2) is 4.79 Å². The van der Waals surface area contributed by atoms with E-state index in [4.69, 9.17) is 5.11 Å². The number of aromatic nitrogens is 2. The van der Waals surface area contributed by atoms with Crippen molar-refractivity contribution in [1.82, 2.24) is 9.78 Å². The SMILES string of the molecule is Cc1cc2n(n1)C(C(=O)O)CCC2. The van der Waals surface area contributed by atoms with E-state index in [-0.39, 0.29) is 0 Å². The Morgan fingerprint density at radius 1 is 1.77 bits per heavy atom. The summed E-state index contributed by atoms with van der Waals surface area (Å²) in [4.78, 5) is 10.9. The average Bonchev–Trinajstić information content (AvgIpc) is 2.43. The number of fused-ring (bicyclic) bond motifs is 1. The van der Waals surface area contributed by atoms with Crippen molar-refractivity contribution in [1.29, 1.82) is 0 Å². The Labute approximate surface area is 76.2 Å². The smallest absolute Gasteiger partial charge is 0.328 e. The first-order valence-electron chi connectivity index (χ1n) is 4.46. The molecule has 1 unspecified atom stereocenters. The van der Waals surface area contributed by atoms with Gasteiger partial charge in [-0.05, 0) is 32.3 Å². The third-order valence-electron chi connectivity index (χ3n) is 2.43. The Balaban J connectivity index is 2.41. The van der Waals surface area contributed by atoms with E-state index in [0.717, 1.165) is 24.2 Å². The van der Waals surface area contributed by atoms with E-state index in [9.17, 15) is 4.79 Å². The molecule has 1 aromatic heterocycles.